The molecule has 1 aromatic rings. The first kappa shape index (κ1) is 18.8. The smallest absolute Gasteiger partial charge is 0.369 e. The number of carbonyl (C=O) groups is 1. The molecule has 0 aromatic carbocycles. The molecule has 1 fully saturated rings. The summed E-state index contributed by atoms with van der Waals surface area (Å²) in [6.07, 6.45) is 2.10. The molecule has 0 aliphatic carbocycles. The molecule has 1 N–H and O–H groups in total. The van der Waals surface area contributed by atoms with Gasteiger partial charge < -0.3 is 10.2 Å². The van der Waals surface area contributed by atoms with Crippen molar-refractivity contribution in [3.63, 3.8) is 0 Å². The van der Waals surface area contributed by atoms with Crippen LogP contribution in [0.3, 0.4) is 0 Å². The van der Waals surface area contributed by atoms with Crippen molar-refractivity contribution in [2.45, 2.75) is 43.4 Å². The minimum atomic E-state index is -4.50. The largest absolute Gasteiger partial charge is 0.421 e. The van der Waals surface area contributed by atoms with E-state index in [0.717, 1.165) is 32.0 Å². The normalized spacial score (nSPS) is 16.2. The summed E-state index contributed by atoms with van der Waals surface area (Å²) in [4.78, 5) is 21.3. The zero-order valence-electron chi connectivity index (χ0n) is 13.5. The number of nitrogens with one attached hydrogen (secondary N) is 1. The zero-order chi connectivity index (χ0) is 17.6. The molecule has 0 bridgehead atoms. The second kappa shape index (κ2) is 8.55. The van der Waals surface area contributed by atoms with E-state index in [4.69, 9.17) is 0 Å². The molecule has 0 radical (unpaired) electrons. The summed E-state index contributed by atoms with van der Waals surface area (Å²) in [6.45, 7) is 1.60. The first-order valence-corrected chi connectivity index (χ1v) is 9.14. The van der Waals surface area contributed by atoms with Gasteiger partial charge in [-0.2, -0.15) is 13.2 Å². The second-order valence-electron chi connectivity index (χ2n) is 5.59. The highest BCUT2D eigenvalue weighted by Gasteiger charge is 2.35. The topological polar surface area (TPSA) is 58.1 Å². The first-order valence-electron chi connectivity index (χ1n) is 7.91. The molecule has 1 saturated heterocycles. The lowest BCUT2D eigenvalue weighted by molar-refractivity contribution is -0.137. The third kappa shape index (κ3) is 5.25. The van der Waals surface area contributed by atoms with Crippen molar-refractivity contribution in [2.75, 3.05) is 31.2 Å². The third-order valence-corrected chi connectivity index (χ3v) is 4.39. The molecule has 0 spiro atoms. The Bertz CT molecular complexity index is 568. The minimum Gasteiger partial charge on any atom is -0.369 e. The number of halogens is 3. The fourth-order valence-corrected chi connectivity index (χ4v) is 2.90. The van der Waals surface area contributed by atoms with Gasteiger partial charge in [0.25, 0.3) is 0 Å². The Kier molecular flexibility index (Phi) is 6.70. The molecule has 134 valence electrons. The van der Waals surface area contributed by atoms with Crippen molar-refractivity contribution < 1.29 is 18.0 Å². The number of thioether (sulfide) groups is 1. The van der Waals surface area contributed by atoms with Crippen LogP contribution in [0.4, 0.5) is 19.0 Å². The van der Waals surface area contributed by atoms with Gasteiger partial charge in [-0.25, -0.2) is 9.97 Å². The summed E-state index contributed by atoms with van der Waals surface area (Å²) in [5.74, 6) is -0.0702. The molecule has 2 rings (SSSR count). The van der Waals surface area contributed by atoms with Crippen LogP contribution in [-0.4, -0.2) is 46.7 Å². The third-order valence-electron chi connectivity index (χ3n) is 3.82. The van der Waals surface area contributed by atoms with E-state index in [9.17, 15) is 18.0 Å². The lowest BCUT2D eigenvalue weighted by atomic mass is 10.2. The number of aromatic nitrogens is 2. The van der Waals surface area contributed by atoms with Gasteiger partial charge in [0, 0.05) is 32.3 Å². The van der Waals surface area contributed by atoms with E-state index in [1.807, 2.05) is 0 Å². The van der Waals surface area contributed by atoms with E-state index in [1.165, 1.54) is 11.8 Å². The van der Waals surface area contributed by atoms with Crippen molar-refractivity contribution in [3.05, 3.63) is 11.8 Å². The van der Waals surface area contributed by atoms with Crippen molar-refractivity contribution in [2.24, 2.45) is 0 Å². The molecule has 5 nitrogen and oxygen atoms in total. The van der Waals surface area contributed by atoms with Gasteiger partial charge in [-0.3, -0.25) is 4.79 Å². The van der Waals surface area contributed by atoms with E-state index in [1.54, 1.807) is 11.2 Å². The highest BCUT2D eigenvalue weighted by Crippen LogP contribution is 2.34. The molecule has 2 heterocycles. The fraction of sp³-hybridized carbons (Fsp3) is 0.667. The molecular weight excluding hydrogens is 341 g/mol. The van der Waals surface area contributed by atoms with Crippen LogP contribution in [0.2, 0.25) is 0 Å². The predicted octanol–water partition coefficient (Wildman–Crippen LogP) is 3.42. The van der Waals surface area contributed by atoms with E-state index in [0.29, 0.717) is 25.9 Å². The number of carbonyl (C=O) groups excluding carboxylic acids is 1. The van der Waals surface area contributed by atoms with E-state index >= 15 is 0 Å². The van der Waals surface area contributed by atoms with Crippen LogP contribution in [0.1, 0.15) is 37.7 Å². The van der Waals surface area contributed by atoms with Gasteiger partial charge in [0.1, 0.15) is 11.4 Å². The van der Waals surface area contributed by atoms with Gasteiger partial charge in [0.15, 0.2) is 5.16 Å². The van der Waals surface area contributed by atoms with Gasteiger partial charge in [-0.05, 0) is 25.5 Å². The molecule has 1 aliphatic rings. The van der Waals surface area contributed by atoms with Crippen LogP contribution in [0.5, 0.6) is 0 Å². The van der Waals surface area contributed by atoms with Crippen LogP contribution in [-0.2, 0) is 11.0 Å². The zero-order valence-corrected chi connectivity index (χ0v) is 14.3. The highest BCUT2D eigenvalue weighted by atomic mass is 32.2. The maximum Gasteiger partial charge on any atom is 0.421 e. The molecule has 0 unspecified atom stereocenters. The lowest BCUT2D eigenvalue weighted by Crippen LogP contribution is -2.32. The van der Waals surface area contributed by atoms with Crippen molar-refractivity contribution in [1.82, 2.24) is 14.9 Å². The molecule has 0 saturated carbocycles. The van der Waals surface area contributed by atoms with Crippen molar-refractivity contribution >= 4 is 23.5 Å². The molecule has 1 aromatic heterocycles. The second-order valence-corrected chi connectivity index (χ2v) is 6.36. The summed E-state index contributed by atoms with van der Waals surface area (Å²) in [5, 5.41) is 3.03. The van der Waals surface area contributed by atoms with Crippen molar-refractivity contribution in [1.29, 1.82) is 0 Å². The monoisotopic (exact) mass is 362 g/mol. The quantitative estimate of drug-likeness (QED) is 0.477. The van der Waals surface area contributed by atoms with Gasteiger partial charge >= 0.3 is 6.18 Å². The van der Waals surface area contributed by atoms with Crippen LogP contribution in [0.15, 0.2) is 11.4 Å². The Balaban J connectivity index is 1.92. The first-order chi connectivity index (χ1) is 11.4. The Hall–Kier alpha value is -1.51. The summed E-state index contributed by atoms with van der Waals surface area (Å²) in [5.41, 5.74) is -0.869. The number of amides is 1. The number of alkyl halides is 3. The number of rotatable bonds is 6. The van der Waals surface area contributed by atoms with Crippen LogP contribution in [0.25, 0.3) is 0 Å². The molecule has 24 heavy (non-hydrogen) atoms. The average Bonchev–Trinajstić information content (AvgIpc) is 2.75. The Labute approximate surface area is 143 Å². The Morgan fingerprint density at radius 1 is 1.33 bits per heavy atom. The molecular formula is C15H21F3N4OS. The van der Waals surface area contributed by atoms with E-state index in [-0.39, 0.29) is 16.9 Å². The van der Waals surface area contributed by atoms with Gasteiger partial charge in [-0.1, -0.05) is 18.2 Å². The van der Waals surface area contributed by atoms with Gasteiger partial charge in [0.2, 0.25) is 5.91 Å². The number of likely N-dealkylation sites (tertiary alicyclic amines) is 1. The Morgan fingerprint density at radius 3 is 2.83 bits per heavy atom. The minimum absolute atomic E-state index is 0.134. The summed E-state index contributed by atoms with van der Waals surface area (Å²) >= 11 is 1.18. The standard InChI is InChI=1S/C15H21F3N4OS/c1-24-14-20-10-11(15(16,17)18)13(21-14)19-7-5-9-22-8-4-2-3-6-12(22)23/h10H,2-9H2,1H3,(H,19,20,21). The lowest BCUT2D eigenvalue weighted by Gasteiger charge is -2.20. The molecule has 1 amide bonds. The number of anilines is 1. The van der Waals surface area contributed by atoms with Gasteiger partial charge in [0.05, 0.1) is 0 Å². The number of hydrogen-bond donors (Lipinski definition) is 1. The molecule has 0 atom stereocenters. The van der Waals surface area contributed by atoms with Crippen LogP contribution < -0.4 is 5.32 Å². The van der Waals surface area contributed by atoms with Crippen molar-refractivity contribution in [3.8, 4) is 0 Å². The SMILES string of the molecule is CSc1ncc(C(F)(F)F)c(NCCCN2CCCCCC2=O)n1. The number of nitrogens with zero attached hydrogens (tertiary/aromatic N) is 3. The predicted molar refractivity (Wildman–Crippen MR) is 87.0 cm³/mol. The maximum atomic E-state index is 13.0. The average molecular weight is 362 g/mol. The molecule has 9 heteroatoms. The van der Waals surface area contributed by atoms with E-state index in [2.05, 4.69) is 15.3 Å². The van der Waals surface area contributed by atoms with Crippen LogP contribution >= 0.6 is 11.8 Å². The highest BCUT2D eigenvalue weighted by molar-refractivity contribution is 7.98. The van der Waals surface area contributed by atoms with E-state index < -0.39 is 11.7 Å². The summed E-state index contributed by atoms with van der Waals surface area (Å²) < 4.78 is 39.0. The summed E-state index contributed by atoms with van der Waals surface area (Å²) in [6, 6.07) is 0. The maximum absolute atomic E-state index is 13.0. The molecule has 1 aliphatic heterocycles. The van der Waals surface area contributed by atoms with Gasteiger partial charge in [-0.15, -0.1) is 0 Å². The summed E-state index contributed by atoms with van der Waals surface area (Å²) in [7, 11) is 0. The number of hydrogen-bond acceptors (Lipinski definition) is 5. The fourth-order valence-electron chi connectivity index (χ4n) is 2.56. The Morgan fingerprint density at radius 2 is 2.12 bits per heavy atom. The van der Waals surface area contributed by atoms with Crippen LogP contribution in [0, 0.1) is 0 Å².